The average molecular weight is 263 g/mol. The van der Waals surface area contributed by atoms with Crippen molar-refractivity contribution >= 4 is 11.3 Å². The average Bonchev–Trinajstić information content (AvgIpc) is 2.78. The SMILES string of the molecule is C#CCN1CCC(NCCc2nc(C)cs2)CC1. The zero-order valence-electron chi connectivity index (χ0n) is 11.0. The van der Waals surface area contributed by atoms with Gasteiger partial charge in [0.1, 0.15) is 0 Å². The van der Waals surface area contributed by atoms with E-state index in [1.165, 1.54) is 17.8 Å². The number of thiazole rings is 1. The Bertz CT molecular complexity index is 399. The van der Waals surface area contributed by atoms with E-state index in [1.54, 1.807) is 11.3 Å². The number of terminal acetylenes is 1. The number of rotatable bonds is 5. The summed E-state index contributed by atoms with van der Waals surface area (Å²) in [7, 11) is 0. The normalized spacial score (nSPS) is 17.8. The van der Waals surface area contributed by atoms with Crippen LogP contribution in [0.5, 0.6) is 0 Å². The number of nitrogens with zero attached hydrogens (tertiary/aromatic N) is 2. The summed E-state index contributed by atoms with van der Waals surface area (Å²) in [6.45, 7) is 6.13. The maximum Gasteiger partial charge on any atom is 0.0940 e. The Hall–Kier alpha value is -0.890. The second-order valence-electron chi connectivity index (χ2n) is 4.84. The van der Waals surface area contributed by atoms with Gasteiger partial charge in [-0.15, -0.1) is 17.8 Å². The van der Waals surface area contributed by atoms with E-state index >= 15 is 0 Å². The van der Waals surface area contributed by atoms with Crippen LogP contribution in [0.2, 0.25) is 0 Å². The summed E-state index contributed by atoms with van der Waals surface area (Å²) in [5, 5.41) is 6.99. The number of hydrogen-bond acceptors (Lipinski definition) is 4. The van der Waals surface area contributed by atoms with Crippen molar-refractivity contribution in [2.24, 2.45) is 0 Å². The third-order valence-electron chi connectivity index (χ3n) is 3.34. The van der Waals surface area contributed by atoms with Crippen molar-refractivity contribution in [2.75, 3.05) is 26.2 Å². The first-order valence-electron chi connectivity index (χ1n) is 6.58. The van der Waals surface area contributed by atoms with Crippen molar-refractivity contribution in [1.82, 2.24) is 15.2 Å². The molecule has 1 aliphatic heterocycles. The van der Waals surface area contributed by atoms with Crippen molar-refractivity contribution in [3.8, 4) is 12.3 Å². The Labute approximate surface area is 114 Å². The predicted molar refractivity (Wildman–Crippen MR) is 76.9 cm³/mol. The first-order chi connectivity index (χ1) is 8.78. The monoisotopic (exact) mass is 263 g/mol. The van der Waals surface area contributed by atoms with Crippen molar-refractivity contribution in [3.63, 3.8) is 0 Å². The Morgan fingerprint density at radius 1 is 1.56 bits per heavy atom. The van der Waals surface area contributed by atoms with Gasteiger partial charge in [0.05, 0.1) is 11.6 Å². The van der Waals surface area contributed by atoms with E-state index in [2.05, 4.69) is 33.4 Å². The summed E-state index contributed by atoms with van der Waals surface area (Å²) in [6, 6.07) is 0.653. The van der Waals surface area contributed by atoms with E-state index in [1.807, 2.05) is 0 Å². The molecule has 0 bridgehead atoms. The number of likely N-dealkylation sites (tertiary alicyclic amines) is 1. The summed E-state index contributed by atoms with van der Waals surface area (Å²) in [4.78, 5) is 6.83. The number of piperidine rings is 1. The van der Waals surface area contributed by atoms with Gasteiger partial charge in [-0.1, -0.05) is 5.92 Å². The van der Waals surface area contributed by atoms with E-state index in [0.29, 0.717) is 6.04 Å². The summed E-state index contributed by atoms with van der Waals surface area (Å²) in [6.07, 6.45) is 8.79. The second kappa shape index (κ2) is 6.89. The molecule has 0 aromatic carbocycles. The maximum atomic E-state index is 5.33. The molecule has 1 saturated heterocycles. The van der Waals surface area contributed by atoms with Crippen LogP contribution in [0, 0.1) is 19.3 Å². The molecule has 3 nitrogen and oxygen atoms in total. The third kappa shape index (κ3) is 4.09. The van der Waals surface area contributed by atoms with Gasteiger partial charge in [-0.2, -0.15) is 0 Å². The van der Waals surface area contributed by atoms with Gasteiger partial charge in [-0.05, 0) is 19.8 Å². The number of hydrogen-bond donors (Lipinski definition) is 1. The van der Waals surface area contributed by atoms with Gasteiger partial charge in [-0.25, -0.2) is 4.98 Å². The van der Waals surface area contributed by atoms with Crippen LogP contribution in [0.4, 0.5) is 0 Å². The molecule has 0 radical (unpaired) electrons. The highest BCUT2D eigenvalue weighted by Crippen LogP contribution is 2.11. The van der Waals surface area contributed by atoms with Gasteiger partial charge in [0.2, 0.25) is 0 Å². The Morgan fingerprint density at radius 3 is 2.94 bits per heavy atom. The lowest BCUT2D eigenvalue weighted by Crippen LogP contribution is -2.43. The van der Waals surface area contributed by atoms with Crippen molar-refractivity contribution < 1.29 is 0 Å². The molecule has 18 heavy (non-hydrogen) atoms. The molecule has 1 aromatic heterocycles. The molecule has 0 saturated carbocycles. The lowest BCUT2D eigenvalue weighted by Gasteiger charge is -2.31. The third-order valence-corrected chi connectivity index (χ3v) is 4.37. The predicted octanol–water partition coefficient (Wildman–Crippen LogP) is 1.68. The van der Waals surface area contributed by atoms with Crippen LogP contribution in [-0.4, -0.2) is 42.1 Å². The highest BCUT2D eigenvalue weighted by atomic mass is 32.1. The fourth-order valence-electron chi connectivity index (χ4n) is 2.33. The van der Waals surface area contributed by atoms with Crippen LogP contribution < -0.4 is 5.32 Å². The van der Waals surface area contributed by atoms with E-state index in [4.69, 9.17) is 6.42 Å². The molecule has 1 aliphatic rings. The molecule has 98 valence electrons. The van der Waals surface area contributed by atoms with Crippen LogP contribution in [-0.2, 0) is 6.42 Å². The topological polar surface area (TPSA) is 28.2 Å². The molecule has 2 heterocycles. The molecular weight excluding hydrogens is 242 g/mol. The van der Waals surface area contributed by atoms with E-state index < -0.39 is 0 Å². The van der Waals surface area contributed by atoms with Crippen LogP contribution in [0.15, 0.2) is 5.38 Å². The minimum atomic E-state index is 0.653. The minimum absolute atomic E-state index is 0.653. The first kappa shape index (κ1) is 13.5. The first-order valence-corrected chi connectivity index (χ1v) is 7.46. The van der Waals surface area contributed by atoms with E-state index in [9.17, 15) is 0 Å². The van der Waals surface area contributed by atoms with Crippen LogP contribution >= 0.6 is 11.3 Å². The number of aryl methyl sites for hydroxylation is 1. The molecule has 1 aromatic rings. The standard InChI is InChI=1S/C14H21N3S/c1-3-8-17-9-5-13(6-10-17)15-7-4-14-16-12(2)11-18-14/h1,11,13,15H,4-10H2,2H3. The summed E-state index contributed by atoms with van der Waals surface area (Å²) in [5.74, 6) is 2.72. The van der Waals surface area contributed by atoms with Crippen molar-refractivity contribution in [2.45, 2.75) is 32.2 Å². The van der Waals surface area contributed by atoms with Crippen molar-refractivity contribution in [3.05, 3.63) is 16.1 Å². The molecule has 0 amide bonds. The van der Waals surface area contributed by atoms with Gasteiger partial charge >= 0.3 is 0 Å². The van der Waals surface area contributed by atoms with Gasteiger partial charge in [0.15, 0.2) is 0 Å². The lowest BCUT2D eigenvalue weighted by atomic mass is 10.1. The molecule has 1 fully saturated rings. The Kier molecular flexibility index (Phi) is 5.18. The quantitative estimate of drug-likeness (QED) is 0.819. The molecule has 4 heteroatoms. The maximum absolute atomic E-state index is 5.33. The Morgan fingerprint density at radius 2 is 2.33 bits per heavy atom. The molecular formula is C14H21N3S. The zero-order valence-corrected chi connectivity index (χ0v) is 11.8. The lowest BCUT2D eigenvalue weighted by molar-refractivity contribution is 0.218. The smallest absolute Gasteiger partial charge is 0.0940 e. The van der Waals surface area contributed by atoms with E-state index in [0.717, 1.165) is 38.3 Å². The minimum Gasteiger partial charge on any atom is -0.313 e. The highest BCUT2D eigenvalue weighted by Gasteiger charge is 2.17. The van der Waals surface area contributed by atoms with Gasteiger partial charge < -0.3 is 5.32 Å². The number of aromatic nitrogens is 1. The fourth-order valence-corrected chi connectivity index (χ4v) is 3.10. The molecule has 1 N–H and O–H groups in total. The summed E-state index contributed by atoms with van der Waals surface area (Å²) < 4.78 is 0. The van der Waals surface area contributed by atoms with Crippen LogP contribution in [0.1, 0.15) is 23.5 Å². The summed E-state index contributed by atoms with van der Waals surface area (Å²) >= 11 is 1.76. The molecule has 2 rings (SSSR count). The van der Waals surface area contributed by atoms with Crippen LogP contribution in [0.25, 0.3) is 0 Å². The van der Waals surface area contributed by atoms with Gasteiger partial charge in [-0.3, -0.25) is 4.90 Å². The largest absolute Gasteiger partial charge is 0.313 e. The molecule has 0 unspecified atom stereocenters. The van der Waals surface area contributed by atoms with Crippen molar-refractivity contribution in [1.29, 1.82) is 0 Å². The Balaban J connectivity index is 1.62. The number of nitrogens with one attached hydrogen (secondary N) is 1. The molecule has 0 aliphatic carbocycles. The fraction of sp³-hybridized carbons (Fsp3) is 0.643. The van der Waals surface area contributed by atoms with Gasteiger partial charge in [0, 0.05) is 43.2 Å². The molecule has 0 spiro atoms. The van der Waals surface area contributed by atoms with E-state index in [-0.39, 0.29) is 0 Å². The highest BCUT2D eigenvalue weighted by molar-refractivity contribution is 7.09. The second-order valence-corrected chi connectivity index (χ2v) is 5.78. The molecule has 0 atom stereocenters. The zero-order chi connectivity index (χ0) is 12.8. The van der Waals surface area contributed by atoms with Crippen LogP contribution in [0.3, 0.4) is 0 Å². The summed E-state index contributed by atoms with van der Waals surface area (Å²) in [5.41, 5.74) is 1.14. The van der Waals surface area contributed by atoms with Gasteiger partial charge in [0.25, 0.3) is 0 Å².